The normalized spacial score (nSPS) is 13.9. The highest BCUT2D eigenvalue weighted by atomic mass is 31.2. The van der Waals surface area contributed by atoms with Gasteiger partial charge in [-0.2, -0.15) is 0 Å². The molecule has 0 saturated heterocycles. The molecule has 0 radical (unpaired) electrons. The summed E-state index contributed by atoms with van der Waals surface area (Å²) in [6, 6.07) is 4.05. The predicted molar refractivity (Wildman–Crippen MR) is 116 cm³/mol. The first kappa shape index (κ1) is 28.4. The van der Waals surface area contributed by atoms with Gasteiger partial charge in [-0.05, 0) is 25.0 Å². The van der Waals surface area contributed by atoms with E-state index in [1.807, 2.05) is 13.8 Å². The summed E-state index contributed by atoms with van der Waals surface area (Å²) in [5, 5.41) is 0. The molecule has 1 aromatic heterocycles. The second-order valence-electron chi connectivity index (χ2n) is 6.52. The highest BCUT2D eigenvalue weighted by Gasteiger charge is 2.38. The molecule has 13 heteroatoms. The van der Waals surface area contributed by atoms with Crippen LogP contribution in [-0.4, -0.2) is 57.1 Å². The fraction of sp³-hybridized carbons (Fsp3) is 0.632. The maximum atomic E-state index is 12.7. The number of hydrogen-bond acceptors (Lipinski definition) is 11. The van der Waals surface area contributed by atoms with E-state index in [9.17, 15) is 18.7 Å². The van der Waals surface area contributed by atoms with Gasteiger partial charge in [-0.3, -0.25) is 9.13 Å². The quantitative estimate of drug-likeness (QED) is 0.264. The third-order valence-electron chi connectivity index (χ3n) is 4.45. The Morgan fingerprint density at radius 2 is 1.12 bits per heavy atom. The van der Waals surface area contributed by atoms with Crippen LogP contribution in [-0.2, 0) is 36.7 Å². The van der Waals surface area contributed by atoms with Gasteiger partial charge in [0.15, 0.2) is 0 Å². The zero-order valence-electron chi connectivity index (χ0n) is 19.1. The fourth-order valence-corrected chi connectivity index (χ4v) is 5.54. The molecule has 0 aromatic carbocycles. The summed E-state index contributed by atoms with van der Waals surface area (Å²) in [4.78, 5) is 29.2. The van der Waals surface area contributed by atoms with E-state index in [2.05, 4.69) is 4.98 Å². The minimum Gasteiger partial charge on any atom is -0.445 e. The number of rotatable bonds is 14. The minimum absolute atomic E-state index is 0.215. The van der Waals surface area contributed by atoms with Crippen LogP contribution in [0.2, 0.25) is 0 Å². The van der Waals surface area contributed by atoms with E-state index in [1.165, 1.54) is 46.6 Å². The SMILES string of the molecule is CCCC(OC(=O)c1cccc(C(=O)OC(CCC)P(=O)(OC)OC)n1)P(=O)(OC)OC. The maximum Gasteiger partial charge on any atom is 0.370 e. The molecule has 0 aliphatic heterocycles. The molecule has 1 heterocycles. The Labute approximate surface area is 188 Å². The summed E-state index contributed by atoms with van der Waals surface area (Å²) in [7, 11) is -2.59. The van der Waals surface area contributed by atoms with Crippen LogP contribution in [0.3, 0.4) is 0 Å². The average molecular weight is 495 g/mol. The van der Waals surface area contributed by atoms with E-state index in [0.717, 1.165) is 0 Å². The molecule has 0 bridgehead atoms. The molecule has 1 aromatic rings. The first-order chi connectivity index (χ1) is 15.1. The van der Waals surface area contributed by atoms with Gasteiger partial charge in [0.05, 0.1) is 0 Å². The molecule has 0 saturated carbocycles. The van der Waals surface area contributed by atoms with Gasteiger partial charge < -0.3 is 27.6 Å². The number of pyridine rings is 1. The van der Waals surface area contributed by atoms with Crippen molar-refractivity contribution in [2.24, 2.45) is 0 Å². The Bertz CT molecular complexity index is 781. The van der Waals surface area contributed by atoms with Crippen molar-refractivity contribution in [1.82, 2.24) is 4.98 Å². The lowest BCUT2D eigenvalue weighted by molar-refractivity contribution is 0.0351. The van der Waals surface area contributed by atoms with Crippen LogP contribution < -0.4 is 0 Å². The van der Waals surface area contributed by atoms with Gasteiger partial charge in [0.1, 0.15) is 11.4 Å². The molecule has 1 rings (SSSR count). The Kier molecular flexibility index (Phi) is 11.7. The van der Waals surface area contributed by atoms with Gasteiger partial charge in [0.25, 0.3) is 0 Å². The lowest BCUT2D eigenvalue weighted by Gasteiger charge is -2.24. The summed E-state index contributed by atoms with van der Waals surface area (Å²) in [5.74, 6) is -4.12. The van der Waals surface area contributed by atoms with E-state index in [-0.39, 0.29) is 24.2 Å². The molecule has 0 amide bonds. The summed E-state index contributed by atoms with van der Waals surface area (Å²) < 4.78 is 55.7. The molecular formula is C19H31NO10P2. The number of ether oxygens (including phenoxy) is 2. The van der Waals surface area contributed by atoms with Crippen molar-refractivity contribution in [2.75, 3.05) is 28.4 Å². The standard InChI is InChI=1S/C19H31NO10P2/c1-7-10-16(31(23,25-3)26-4)29-18(21)14-12-9-13-15(20-14)19(22)30-17(11-8-2)32(24,27-5)28-6/h9,12-13,16-17H,7-8,10-11H2,1-6H3. The largest absolute Gasteiger partial charge is 0.445 e. The molecular weight excluding hydrogens is 464 g/mol. The number of nitrogens with zero attached hydrogens (tertiary/aromatic N) is 1. The molecule has 182 valence electrons. The Morgan fingerprint density at radius 3 is 1.41 bits per heavy atom. The second-order valence-corrected chi connectivity index (χ2v) is 11.3. The van der Waals surface area contributed by atoms with Crippen LogP contribution in [0.5, 0.6) is 0 Å². The lowest BCUT2D eigenvalue weighted by atomic mass is 10.3. The number of esters is 2. The van der Waals surface area contributed by atoms with E-state index in [1.54, 1.807) is 0 Å². The molecule has 2 unspecified atom stereocenters. The number of carbonyl (C=O) groups excluding carboxylic acids is 2. The van der Waals surface area contributed by atoms with E-state index < -0.39 is 38.8 Å². The Hall–Kier alpha value is -1.61. The van der Waals surface area contributed by atoms with Crippen LogP contribution in [0.1, 0.15) is 60.5 Å². The summed E-state index contributed by atoms with van der Waals surface area (Å²) >= 11 is 0. The summed E-state index contributed by atoms with van der Waals surface area (Å²) in [5.41, 5.74) is -0.430. The first-order valence-corrected chi connectivity index (χ1v) is 13.2. The zero-order valence-corrected chi connectivity index (χ0v) is 20.9. The van der Waals surface area contributed by atoms with Crippen LogP contribution >= 0.6 is 15.2 Å². The van der Waals surface area contributed by atoms with Gasteiger partial charge in [0.2, 0.25) is 11.7 Å². The first-order valence-electron chi connectivity index (χ1n) is 9.95. The van der Waals surface area contributed by atoms with Crippen molar-refractivity contribution in [2.45, 2.75) is 51.2 Å². The van der Waals surface area contributed by atoms with Crippen molar-refractivity contribution in [3.05, 3.63) is 29.6 Å². The molecule has 0 fully saturated rings. The Morgan fingerprint density at radius 1 is 0.781 bits per heavy atom. The van der Waals surface area contributed by atoms with Crippen LogP contribution in [0, 0.1) is 0 Å². The van der Waals surface area contributed by atoms with Crippen LogP contribution in [0.4, 0.5) is 0 Å². The third kappa shape index (κ3) is 7.20. The summed E-state index contributed by atoms with van der Waals surface area (Å²) in [6.07, 6.45) is 1.56. The molecule has 0 aliphatic carbocycles. The van der Waals surface area contributed by atoms with Gasteiger partial charge in [-0.25, -0.2) is 14.6 Å². The van der Waals surface area contributed by atoms with E-state index >= 15 is 0 Å². The van der Waals surface area contributed by atoms with E-state index in [0.29, 0.717) is 12.8 Å². The highest BCUT2D eigenvalue weighted by molar-refractivity contribution is 7.54. The van der Waals surface area contributed by atoms with Gasteiger partial charge in [0, 0.05) is 28.4 Å². The Balaban J connectivity index is 3.09. The lowest BCUT2D eigenvalue weighted by Crippen LogP contribution is -2.23. The highest BCUT2D eigenvalue weighted by Crippen LogP contribution is 2.54. The molecule has 0 spiro atoms. The van der Waals surface area contributed by atoms with Gasteiger partial charge in [-0.15, -0.1) is 0 Å². The smallest absolute Gasteiger partial charge is 0.370 e. The number of carbonyl (C=O) groups is 2. The average Bonchev–Trinajstić information content (AvgIpc) is 2.82. The molecule has 0 N–H and O–H groups in total. The molecule has 32 heavy (non-hydrogen) atoms. The minimum atomic E-state index is -3.69. The van der Waals surface area contributed by atoms with Crippen LogP contribution in [0.15, 0.2) is 18.2 Å². The van der Waals surface area contributed by atoms with Crippen molar-refractivity contribution in [1.29, 1.82) is 0 Å². The van der Waals surface area contributed by atoms with Gasteiger partial charge >= 0.3 is 27.1 Å². The molecule has 2 atom stereocenters. The zero-order chi connectivity index (χ0) is 24.4. The van der Waals surface area contributed by atoms with Crippen molar-refractivity contribution < 1.29 is 46.3 Å². The number of aromatic nitrogens is 1. The molecule has 0 aliphatic rings. The fourth-order valence-electron chi connectivity index (χ4n) is 2.71. The third-order valence-corrected chi connectivity index (χ3v) is 8.62. The number of hydrogen-bond donors (Lipinski definition) is 0. The van der Waals surface area contributed by atoms with Crippen LogP contribution in [0.25, 0.3) is 0 Å². The van der Waals surface area contributed by atoms with Crippen molar-refractivity contribution in [3.8, 4) is 0 Å². The topological polar surface area (TPSA) is 137 Å². The van der Waals surface area contributed by atoms with Gasteiger partial charge in [-0.1, -0.05) is 32.8 Å². The van der Waals surface area contributed by atoms with E-state index in [4.69, 9.17) is 27.6 Å². The van der Waals surface area contributed by atoms with Crippen molar-refractivity contribution in [3.63, 3.8) is 0 Å². The maximum absolute atomic E-state index is 12.7. The second kappa shape index (κ2) is 13.2. The monoisotopic (exact) mass is 495 g/mol. The van der Waals surface area contributed by atoms with Crippen molar-refractivity contribution >= 4 is 27.1 Å². The summed E-state index contributed by atoms with van der Waals surface area (Å²) in [6.45, 7) is 3.63. The molecule has 11 nitrogen and oxygen atoms in total. The predicted octanol–water partition coefficient (Wildman–Crippen LogP) is 4.62.